The van der Waals surface area contributed by atoms with Crippen LogP contribution in [0, 0.1) is 0 Å². The highest BCUT2D eigenvalue weighted by Gasteiger charge is 2.29. The van der Waals surface area contributed by atoms with Crippen molar-refractivity contribution in [3.05, 3.63) is 23.8 Å². The summed E-state index contributed by atoms with van der Waals surface area (Å²) in [6.45, 7) is 1.85. The monoisotopic (exact) mass is 291 g/mol. The number of alkyl halides is 2. The van der Waals surface area contributed by atoms with Gasteiger partial charge in [-0.1, -0.05) is 6.92 Å². The lowest BCUT2D eigenvalue weighted by Gasteiger charge is -2.29. The summed E-state index contributed by atoms with van der Waals surface area (Å²) in [6, 6.07) is 3.73. The van der Waals surface area contributed by atoms with Crippen molar-refractivity contribution >= 4 is 29.1 Å². The molecule has 0 saturated carbocycles. The summed E-state index contributed by atoms with van der Waals surface area (Å²) in [5.41, 5.74) is -0.735. The predicted octanol–water partition coefficient (Wildman–Crippen LogP) is 2.45. The van der Waals surface area contributed by atoms with Gasteiger partial charge in [0.05, 0.1) is 11.1 Å². The van der Waals surface area contributed by atoms with E-state index in [0.29, 0.717) is 6.42 Å². The number of amides is 1. The van der Waals surface area contributed by atoms with Crippen molar-refractivity contribution in [2.24, 2.45) is 0 Å². The normalized spacial score (nSPS) is 11.3. The van der Waals surface area contributed by atoms with E-state index in [1.54, 1.807) is 0 Å². The summed E-state index contributed by atoms with van der Waals surface area (Å²) in [4.78, 5) is 12.0. The van der Waals surface area contributed by atoms with Crippen molar-refractivity contribution in [1.29, 1.82) is 0 Å². The molecular weight excluding hydrogens is 277 g/mol. The second kappa shape index (κ2) is 6.16. The molecule has 0 aliphatic rings. The molecule has 0 spiro atoms. The molecule has 0 aliphatic carbocycles. The largest absolute Gasteiger partial charge is 0.508 e. The Morgan fingerprint density at radius 2 is 1.94 bits per heavy atom. The Balaban J connectivity index is 2.97. The Morgan fingerprint density at radius 3 is 2.44 bits per heavy atom. The van der Waals surface area contributed by atoms with Gasteiger partial charge in [0.25, 0.3) is 5.91 Å². The number of benzene rings is 1. The van der Waals surface area contributed by atoms with Gasteiger partial charge >= 0.3 is 0 Å². The third-order valence-electron chi connectivity index (χ3n) is 2.79. The van der Waals surface area contributed by atoms with Gasteiger partial charge in [-0.3, -0.25) is 4.79 Å². The molecule has 0 aliphatic heterocycles. The zero-order valence-electron chi connectivity index (χ0n) is 9.91. The Hall–Kier alpha value is -1.13. The molecule has 0 saturated heterocycles. The van der Waals surface area contributed by atoms with Crippen LogP contribution in [-0.4, -0.2) is 33.4 Å². The van der Waals surface area contributed by atoms with E-state index in [1.807, 2.05) is 6.92 Å². The molecule has 0 bridgehead atoms. The standard InChI is InChI=1S/C12H15Cl2NO3/c1-2-12(6-13,7-14)15-11(18)9-5-8(16)3-4-10(9)17/h3-5,16-17H,2,6-7H2,1H3,(H,15,18). The van der Waals surface area contributed by atoms with Gasteiger partial charge in [0, 0.05) is 11.8 Å². The molecular formula is C12H15Cl2NO3. The van der Waals surface area contributed by atoms with Gasteiger partial charge in [0.2, 0.25) is 0 Å². The predicted molar refractivity (Wildman–Crippen MR) is 71.7 cm³/mol. The first-order chi connectivity index (χ1) is 8.48. The quantitative estimate of drug-likeness (QED) is 0.576. The number of phenols is 2. The molecule has 0 aromatic heterocycles. The summed E-state index contributed by atoms with van der Waals surface area (Å²) in [5, 5.41) is 21.6. The lowest BCUT2D eigenvalue weighted by Crippen LogP contribution is -2.51. The van der Waals surface area contributed by atoms with E-state index in [0.717, 1.165) is 0 Å². The number of halogens is 2. The fraction of sp³-hybridized carbons (Fsp3) is 0.417. The van der Waals surface area contributed by atoms with Crippen molar-refractivity contribution in [3.63, 3.8) is 0 Å². The highest BCUT2D eigenvalue weighted by atomic mass is 35.5. The van der Waals surface area contributed by atoms with Gasteiger partial charge in [-0.15, -0.1) is 23.2 Å². The van der Waals surface area contributed by atoms with E-state index >= 15 is 0 Å². The zero-order chi connectivity index (χ0) is 13.8. The fourth-order valence-electron chi connectivity index (χ4n) is 1.39. The van der Waals surface area contributed by atoms with Crippen LogP contribution in [0.25, 0.3) is 0 Å². The van der Waals surface area contributed by atoms with Gasteiger partial charge in [-0.05, 0) is 24.6 Å². The molecule has 6 heteroatoms. The summed E-state index contributed by atoms with van der Waals surface area (Å²) in [5.74, 6) is -0.501. The fourth-order valence-corrected chi connectivity index (χ4v) is 2.19. The molecule has 1 amide bonds. The van der Waals surface area contributed by atoms with Crippen LogP contribution in [-0.2, 0) is 0 Å². The smallest absolute Gasteiger partial charge is 0.255 e. The molecule has 0 unspecified atom stereocenters. The number of rotatable bonds is 5. The molecule has 0 heterocycles. The van der Waals surface area contributed by atoms with Crippen molar-refractivity contribution < 1.29 is 15.0 Å². The average molecular weight is 292 g/mol. The molecule has 0 fully saturated rings. The Morgan fingerprint density at radius 1 is 1.33 bits per heavy atom. The van der Waals surface area contributed by atoms with Gasteiger partial charge < -0.3 is 15.5 Å². The number of carbonyl (C=O) groups is 1. The minimum absolute atomic E-state index is 0.0111. The van der Waals surface area contributed by atoms with Crippen LogP contribution in [0.5, 0.6) is 11.5 Å². The molecule has 0 atom stereocenters. The molecule has 4 nitrogen and oxygen atoms in total. The zero-order valence-corrected chi connectivity index (χ0v) is 11.4. The van der Waals surface area contributed by atoms with Crippen molar-refractivity contribution in [3.8, 4) is 11.5 Å². The Bertz CT molecular complexity index is 425. The lowest BCUT2D eigenvalue weighted by molar-refractivity contribution is 0.0910. The van der Waals surface area contributed by atoms with Crippen LogP contribution in [0.3, 0.4) is 0 Å². The second-order valence-corrected chi connectivity index (χ2v) is 4.59. The summed E-state index contributed by atoms with van der Waals surface area (Å²) < 4.78 is 0. The van der Waals surface area contributed by atoms with E-state index in [1.165, 1.54) is 18.2 Å². The number of hydrogen-bond acceptors (Lipinski definition) is 3. The van der Waals surface area contributed by atoms with Crippen molar-refractivity contribution in [2.45, 2.75) is 18.9 Å². The molecule has 1 aromatic carbocycles. The van der Waals surface area contributed by atoms with E-state index < -0.39 is 11.4 Å². The number of aromatic hydroxyl groups is 2. The maximum absolute atomic E-state index is 12.0. The maximum atomic E-state index is 12.0. The molecule has 1 aromatic rings. The average Bonchev–Trinajstić information content (AvgIpc) is 2.38. The minimum atomic E-state index is -0.724. The number of nitrogens with one attached hydrogen (secondary N) is 1. The Kier molecular flexibility index (Phi) is 5.11. The molecule has 18 heavy (non-hydrogen) atoms. The summed E-state index contributed by atoms with van der Waals surface area (Å²) in [6.07, 6.45) is 0.561. The van der Waals surface area contributed by atoms with Gasteiger partial charge in [-0.2, -0.15) is 0 Å². The summed E-state index contributed by atoms with van der Waals surface area (Å²) >= 11 is 11.6. The Labute approximate surface area is 116 Å². The van der Waals surface area contributed by atoms with E-state index in [9.17, 15) is 15.0 Å². The van der Waals surface area contributed by atoms with Crippen LogP contribution in [0.2, 0.25) is 0 Å². The molecule has 100 valence electrons. The van der Waals surface area contributed by atoms with Crippen molar-refractivity contribution in [2.75, 3.05) is 11.8 Å². The highest BCUT2D eigenvalue weighted by molar-refractivity contribution is 6.22. The van der Waals surface area contributed by atoms with Crippen molar-refractivity contribution in [1.82, 2.24) is 5.32 Å². The first kappa shape index (κ1) is 14.9. The van der Waals surface area contributed by atoms with Crippen LogP contribution in [0.15, 0.2) is 18.2 Å². The number of carbonyl (C=O) groups excluding carboxylic acids is 1. The van der Waals surface area contributed by atoms with Gasteiger partial charge in [0.15, 0.2) is 0 Å². The third kappa shape index (κ3) is 3.21. The van der Waals surface area contributed by atoms with Crippen LogP contribution in [0.4, 0.5) is 0 Å². The highest BCUT2D eigenvalue weighted by Crippen LogP contribution is 2.23. The van der Waals surface area contributed by atoms with E-state index in [-0.39, 0.29) is 28.8 Å². The lowest BCUT2D eigenvalue weighted by atomic mass is 10.0. The number of hydrogen-bond donors (Lipinski definition) is 3. The number of phenolic OH excluding ortho intramolecular Hbond substituents is 2. The minimum Gasteiger partial charge on any atom is -0.508 e. The second-order valence-electron chi connectivity index (χ2n) is 4.06. The van der Waals surface area contributed by atoms with Gasteiger partial charge in [0.1, 0.15) is 11.5 Å². The van der Waals surface area contributed by atoms with Crippen LogP contribution >= 0.6 is 23.2 Å². The first-order valence-electron chi connectivity index (χ1n) is 5.44. The first-order valence-corrected chi connectivity index (χ1v) is 6.51. The van der Waals surface area contributed by atoms with E-state index in [4.69, 9.17) is 23.2 Å². The molecule has 0 radical (unpaired) electrons. The summed E-state index contributed by atoms with van der Waals surface area (Å²) in [7, 11) is 0. The topological polar surface area (TPSA) is 69.6 Å². The SMILES string of the molecule is CCC(CCl)(CCl)NC(=O)c1cc(O)ccc1O. The molecule has 3 N–H and O–H groups in total. The molecule has 1 rings (SSSR count). The van der Waals surface area contributed by atoms with Crippen LogP contribution < -0.4 is 5.32 Å². The van der Waals surface area contributed by atoms with Gasteiger partial charge in [-0.25, -0.2) is 0 Å². The van der Waals surface area contributed by atoms with E-state index in [2.05, 4.69) is 5.32 Å². The van der Waals surface area contributed by atoms with Crippen LogP contribution in [0.1, 0.15) is 23.7 Å². The maximum Gasteiger partial charge on any atom is 0.255 e. The third-order valence-corrected chi connectivity index (χ3v) is 3.82.